The van der Waals surface area contributed by atoms with Crippen LogP contribution in [0.5, 0.6) is 0 Å². The molecule has 0 spiro atoms. The fourth-order valence-corrected chi connectivity index (χ4v) is 2.51. The lowest BCUT2D eigenvalue weighted by molar-refractivity contribution is 0.0691. The van der Waals surface area contributed by atoms with Crippen LogP contribution in [0.15, 0.2) is 30.3 Å². The van der Waals surface area contributed by atoms with Crippen LogP contribution in [0.1, 0.15) is 30.3 Å². The molecule has 1 aliphatic rings. The third kappa shape index (κ3) is 2.46. The largest absolute Gasteiger partial charge is 0.477 e. The smallest absolute Gasteiger partial charge is 0.354 e. The Bertz CT molecular complexity index is 650. The quantitative estimate of drug-likeness (QED) is 0.906. The monoisotopic (exact) mass is 270 g/mol. The predicted molar refractivity (Wildman–Crippen MR) is 79.3 cm³/mol. The van der Waals surface area contributed by atoms with Crippen molar-refractivity contribution in [2.24, 2.45) is 5.92 Å². The zero-order chi connectivity index (χ0) is 14.1. The lowest BCUT2D eigenvalue weighted by Crippen LogP contribution is -2.27. The van der Waals surface area contributed by atoms with E-state index in [2.05, 4.69) is 16.8 Å². The van der Waals surface area contributed by atoms with Crippen LogP contribution in [-0.4, -0.2) is 29.1 Å². The van der Waals surface area contributed by atoms with E-state index >= 15 is 0 Å². The molecule has 0 bridgehead atoms. The summed E-state index contributed by atoms with van der Waals surface area (Å²) >= 11 is 0. The van der Waals surface area contributed by atoms with E-state index in [1.165, 1.54) is 12.8 Å². The Morgan fingerprint density at radius 2 is 2.15 bits per heavy atom. The number of benzene rings is 1. The van der Waals surface area contributed by atoms with Crippen molar-refractivity contribution in [3.8, 4) is 0 Å². The molecule has 3 rings (SSSR count). The average molecular weight is 270 g/mol. The molecular weight excluding hydrogens is 252 g/mol. The third-order valence-electron chi connectivity index (χ3n) is 3.80. The number of hydrogen-bond acceptors (Lipinski definition) is 3. The summed E-state index contributed by atoms with van der Waals surface area (Å²) in [6.07, 6.45) is 2.54. The zero-order valence-electron chi connectivity index (χ0n) is 11.5. The van der Waals surface area contributed by atoms with Crippen molar-refractivity contribution < 1.29 is 9.90 Å². The van der Waals surface area contributed by atoms with E-state index in [1.54, 1.807) is 6.07 Å². The number of carboxylic acid groups (broad SMARTS) is 1. The molecule has 4 heteroatoms. The summed E-state index contributed by atoms with van der Waals surface area (Å²) in [4.78, 5) is 17.8. The molecule has 0 saturated heterocycles. The Labute approximate surface area is 118 Å². The number of carboxylic acids is 1. The van der Waals surface area contributed by atoms with Gasteiger partial charge in [0.2, 0.25) is 0 Å². The van der Waals surface area contributed by atoms with E-state index in [4.69, 9.17) is 0 Å². The number of hydrogen-bond donors (Lipinski definition) is 1. The summed E-state index contributed by atoms with van der Waals surface area (Å²) < 4.78 is 0. The van der Waals surface area contributed by atoms with Crippen LogP contribution >= 0.6 is 0 Å². The van der Waals surface area contributed by atoms with Crippen LogP contribution in [0, 0.1) is 5.92 Å². The Hall–Kier alpha value is -2.10. The van der Waals surface area contributed by atoms with Crippen LogP contribution in [0.3, 0.4) is 0 Å². The van der Waals surface area contributed by atoms with Gasteiger partial charge in [0.05, 0.1) is 0 Å². The molecular formula is C16H18N2O2. The first kappa shape index (κ1) is 12.9. The summed E-state index contributed by atoms with van der Waals surface area (Å²) in [6.45, 7) is 3.90. The second-order valence-electron chi connectivity index (χ2n) is 5.34. The van der Waals surface area contributed by atoms with E-state index in [0.717, 1.165) is 35.6 Å². The molecule has 0 unspecified atom stereocenters. The highest BCUT2D eigenvalue weighted by atomic mass is 16.4. The van der Waals surface area contributed by atoms with Gasteiger partial charge in [-0.2, -0.15) is 0 Å². The number of anilines is 1. The first-order chi connectivity index (χ1) is 9.69. The second kappa shape index (κ2) is 5.12. The Kier molecular flexibility index (Phi) is 3.30. The normalized spacial score (nSPS) is 14.4. The highest BCUT2D eigenvalue weighted by Gasteiger charge is 2.25. The Morgan fingerprint density at radius 3 is 2.80 bits per heavy atom. The van der Waals surface area contributed by atoms with Gasteiger partial charge in [0.1, 0.15) is 5.82 Å². The maximum Gasteiger partial charge on any atom is 0.354 e. The molecule has 2 aromatic rings. The topological polar surface area (TPSA) is 53.4 Å². The number of nitrogens with zero attached hydrogens (tertiary/aromatic N) is 2. The van der Waals surface area contributed by atoms with Crippen LogP contribution < -0.4 is 4.90 Å². The summed E-state index contributed by atoms with van der Waals surface area (Å²) in [7, 11) is 0. The standard InChI is InChI=1S/C16H18N2O2/c1-2-18(10-11-7-8-11)15-13-6-4-3-5-12(13)9-14(17-15)16(19)20/h3-6,9,11H,2,7-8,10H2,1H3,(H,19,20). The Balaban J connectivity index is 2.12. The van der Waals surface area contributed by atoms with Gasteiger partial charge in [-0.25, -0.2) is 9.78 Å². The first-order valence-electron chi connectivity index (χ1n) is 7.07. The van der Waals surface area contributed by atoms with Gasteiger partial charge in [0.15, 0.2) is 5.69 Å². The highest BCUT2D eigenvalue weighted by molar-refractivity contribution is 5.98. The molecule has 104 valence electrons. The molecule has 0 radical (unpaired) electrons. The molecule has 1 fully saturated rings. The highest BCUT2D eigenvalue weighted by Crippen LogP contribution is 2.33. The van der Waals surface area contributed by atoms with Gasteiger partial charge in [0, 0.05) is 18.5 Å². The molecule has 4 nitrogen and oxygen atoms in total. The van der Waals surface area contributed by atoms with E-state index in [1.807, 2.05) is 24.3 Å². The average Bonchev–Trinajstić information content (AvgIpc) is 3.27. The van der Waals surface area contributed by atoms with Gasteiger partial charge in [-0.1, -0.05) is 24.3 Å². The Morgan fingerprint density at radius 1 is 1.40 bits per heavy atom. The van der Waals surface area contributed by atoms with E-state index in [9.17, 15) is 9.90 Å². The van der Waals surface area contributed by atoms with Gasteiger partial charge < -0.3 is 10.0 Å². The van der Waals surface area contributed by atoms with E-state index in [-0.39, 0.29) is 5.69 Å². The maximum atomic E-state index is 11.3. The summed E-state index contributed by atoms with van der Waals surface area (Å²) in [5.41, 5.74) is 0.118. The summed E-state index contributed by atoms with van der Waals surface area (Å²) in [5.74, 6) is 0.568. The minimum atomic E-state index is -0.973. The van der Waals surface area contributed by atoms with Crippen LogP contribution in [0.2, 0.25) is 0 Å². The number of rotatable bonds is 5. The van der Waals surface area contributed by atoms with Crippen LogP contribution in [0.4, 0.5) is 5.82 Å². The first-order valence-corrected chi connectivity index (χ1v) is 7.07. The molecule has 0 aliphatic heterocycles. The van der Waals surface area contributed by atoms with Crippen molar-refractivity contribution in [3.05, 3.63) is 36.0 Å². The predicted octanol–water partition coefficient (Wildman–Crippen LogP) is 3.17. The number of pyridine rings is 1. The second-order valence-corrected chi connectivity index (χ2v) is 5.34. The molecule has 1 aromatic heterocycles. The maximum absolute atomic E-state index is 11.3. The lowest BCUT2D eigenvalue weighted by atomic mass is 10.1. The minimum absolute atomic E-state index is 0.118. The molecule has 1 aromatic carbocycles. The van der Waals surface area contributed by atoms with Gasteiger partial charge in [-0.3, -0.25) is 0 Å². The third-order valence-corrected chi connectivity index (χ3v) is 3.80. The fourth-order valence-electron chi connectivity index (χ4n) is 2.51. The number of aromatic nitrogens is 1. The molecule has 20 heavy (non-hydrogen) atoms. The van der Waals surface area contributed by atoms with E-state index in [0.29, 0.717) is 0 Å². The van der Waals surface area contributed by atoms with Crippen LogP contribution in [-0.2, 0) is 0 Å². The minimum Gasteiger partial charge on any atom is -0.477 e. The van der Waals surface area contributed by atoms with Crippen LogP contribution in [0.25, 0.3) is 10.8 Å². The van der Waals surface area contributed by atoms with Crippen molar-refractivity contribution in [2.45, 2.75) is 19.8 Å². The molecule has 1 aliphatic carbocycles. The van der Waals surface area contributed by atoms with Crippen molar-refractivity contribution in [1.29, 1.82) is 0 Å². The summed E-state index contributed by atoms with van der Waals surface area (Å²) in [5, 5.41) is 11.2. The number of aromatic carboxylic acids is 1. The molecule has 0 atom stereocenters. The van der Waals surface area contributed by atoms with Gasteiger partial charge in [-0.05, 0) is 37.1 Å². The molecule has 1 heterocycles. The number of fused-ring (bicyclic) bond motifs is 1. The van der Waals surface area contributed by atoms with Crippen molar-refractivity contribution in [2.75, 3.05) is 18.0 Å². The molecule has 1 N–H and O–H groups in total. The van der Waals surface area contributed by atoms with Gasteiger partial charge in [0.25, 0.3) is 0 Å². The molecule has 0 amide bonds. The SMILES string of the molecule is CCN(CC1CC1)c1nc(C(=O)O)cc2ccccc12. The van der Waals surface area contributed by atoms with Gasteiger partial charge >= 0.3 is 5.97 Å². The zero-order valence-corrected chi connectivity index (χ0v) is 11.5. The van der Waals surface area contributed by atoms with E-state index < -0.39 is 5.97 Å². The van der Waals surface area contributed by atoms with Crippen molar-refractivity contribution >= 4 is 22.6 Å². The van der Waals surface area contributed by atoms with Gasteiger partial charge in [-0.15, -0.1) is 0 Å². The van der Waals surface area contributed by atoms with Crippen molar-refractivity contribution in [3.63, 3.8) is 0 Å². The summed E-state index contributed by atoms with van der Waals surface area (Å²) in [6, 6.07) is 9.50. The number of carbonyl (C=O) groups is 1. The fraction of sp³-hybridized carbons (Fsp3) is 0.375. The van der Waals surface area contributed by atoms with Crippen molar-refractivity contribution in [1.82, 2.24) is 4.98 Å². The molecule has 1 saturated carbocycles. The lowest BCUT2D eigenvalue weighted by Gasteiger charge is -2.23.